The quantitative estimate of drug-likeness (QED) is 0.687. The number of carbonyl (C=O) groups is 1. The van der Waals surface area contributed by atoms with Gasteiger partial charge in [-0.2, -0.15) is 5.10 Å². The van der Waals surface area contributed by atoms with Crippen molar-refractivity contribution in [3.8, 4) is 0 Å². The van der Waals surface area contributed by atoms with Crippen LogP contribution in [0.1, 0.15) is 34.5 Å². The van der Waals surface area contributed by atoms with Crippen LogP contribution in [-0.2, 0) is 0 Å². The number of nitrogens with zero attached hydrogens (tertiary/aromatic N) is 2. The molecule has 0 bridgehead atoms. The van der Waals surface area contributed by atoms with E-state index >= 15 is 0 Å². The van der Waals surface area contributed by atoms with Gasteiger partial charge in [-0.1, -0.05) is 0 Å². The van der Waals surface area contributed by atoms with Crippen LogP contribution in [0.2, 0.25) is 0 Å². The molecule has 0 aromatic carbocycles. The zero-order chi connectivity index (χ0) is 15.8. The van der Waals surface area contributed by atoms with Crippen LogP contribution in [0.15, 0.2) is 71.9 Å². The van der Waals surface area contributed by atoms with Crippen molar-refractivity contribution in [2.24, 2.45) is 5.10 Å². The van der Waals surface area contributed by atoms with Crippen LogP contribution in [0.3, 0.4) is 0 Å². The first-order chi connectivity index (χ1) is 11.2. The molecule has 0 unspecified atom stereocenters. The maximum Gasteiger partial charge on any atom is 0.310 e. The Labute approximate surface area is 139 Å². The van der Waals surface area contributed by atoms with Gasteiger partial charge in [0.2, 0.25) is 0 Å². The van der Waals surface area contributed by atoms with Crippen molar-refractivity contribution in [3.05, 3.63) is 70.9 Å². The van der Waals surface area contributed by atoms with E-state index in [0.717, 1.165) is 0 Å². The minimum absolute atomic E-state index is 0.206. The molecule has 1 aliphatic heterocycles. The highest BCUT2D eigenvalue weighted by Crippen LogP contribution is 2.34. The molecule has 23 heavy (non-hydrogen) atoms. The number of rotatable bonds is 3. The standard InChI is InChI=1S/C16H11BrN2O4/c17-15-6-5-14(23-15)16(20)19-11(13-4-2-8-22-13)9-10(18-19)12-3-1-7-21-12/h1-8,11H,9H2/t11-/m0/s1. The fourth-order valence-electron chi connectivity index (χ4n) is 2.53. The van der Waals surface area contributed by atoms with E-state index in [-0.39, 0.29) is 17.7 Å². The molecule has 0 saturated carbocycles. The van der Waals surface area contributed by atoms with Crippen molar-refractivity contribution in [2.45, 2.75) is 12.5 Å². The number of amides is 1. The van der Waals surface area contributed by atoms with Crippen molar-refractivity contribution >= 4 is 27.5 Å². The first-order valence-electron chi connectivity index (χ1n) is 6.96. The Kier molecular flexibility index (Phi) is 3.42. The highest BCUT2D eigenvalue weighted by atomic mass is 79.9. The van der Waals surface area contributed by atoms with Crippen LogP contribution in [-0.4, -0.2) is 16.6 Å². The molecule has 0 aliphatic carbocycles. The van der Waals surface area contributed by atoms with Gasteiger partial charge >= 0.3 is 5.91 Å². The Bertz CT molecular complexity index is 849. The fourth-order valence-corrected chi connectivity index (χ4v) is 2.84. The highest BCUT2D eigenvalue weighted by Gasteiger charge is 2.37. The van der Waals surface area contributed by atoms with Crippen molar-refractivity contribution in [2.75, 3.05) is 0 Å². The van der Waals surface area contributed by atoms with Gasteiger partial charge in [-0.25, -0.2) is 5.01 Å². The molecule has 4 heterocycles. The molecule has 1 aliphatic rings. The van der Waals surface area contributed by atoms with Crippen LogP contribution in [0.25, 0.3) is 0 Å². The minimum Gasteiger partial charge on any atom is -0.467 e. The van der Waals surface area contributed by atoms with Gasteiger partial charge in [-0.15, -0.1) is 0 Å². The number of hydrogen-bond donors (Lipinski definition) is 0. The number of carbonyl (C=O) groups excluding carboxylic acids is 1. The lowest BCUT2D eigenvalue weighted by Crippen LogP contribution is -2.26. The third kappa shape index (κ3) is 2.53. The predicted molar refractivity (Wildman–Crippen MR) is 83.9 cm³/mol. The van der Waals surface area contributed by atoms with Crippen molar-refractivity contribution in [1.82, 2.24) is 5.01 Å². The number of furan rings is 3. The Balaban J connectivity index is 1.71. The Morgan fingerprint density at radius 1 is 1.17 bits per heavy atom. The van der Waals surface area contributed by atoms with Crippen LogP contribution >= 0.6 is 15.9 Å². The van der Waals surface area contributed by atoms with Gasteiger partial charge < -0.3 is 13.3 Å². The van der Waals surface area contributed by atoms with E-state index in [2.05, 4.69) is 21.0 Å². The lowest BCUT2D eigenvalue weighted by atomic mass is 10.1. The molecule has 3 aromatic heterocycles. The van der Waals surface area contributed by atoms with E-state index in [4.69, 9.17) is 13.3 Å². The SMILES string of the molecule is O=C(c1ccc(Br)o1)N1N=C(c2ccco2)C[C@H]1c1ccco1. The molecule has 116 valence electrons. The molecule has 1 amide bonds. The highest BCUT2D eigenvalue weighted by molar-refractivity contribution is 9.10. The molecule has 0 fully saturated rings. The summed E-state index contributed by atoms with van der Waals surface area (Å²) in [5, 5.41) is 5.80. The second-order valence-corrected chi connectivity index (χ2v) is 5.79. The normalized spacial score (nSPS) is 17.5. The lowest BCUT2D eigenvalue weighted by Gasteiger charge is -2.18. The second kappa shape index (κ2) is 5.58. The van der Waals surface area contributed by atoms with Crippen molar-refractivity contribution in [3.63, 3.8) is 0 Å². The Hall–Kier alpha value is -2.54. The van der Waals surface area contributed by atoms with Crippen LogP contribution in [0, 0.1) is 0 Å². The molecular formula is C16H11BrN2O4. The van der Waals surface area contributed by atoms with Gasteiger partial charge in [-0.05, 0) is 52.3 Å². The Morgan fingerprint density at radius 2 is 2.00 bits per heavy atom. The molecule has 0 N–H and O–H groups in total. The van der Waals surface area contributed by atoms with Crippen LogP contribution in [0.4, 0.5) is 0 Å². The smallest absolute Gasteiger partial charge is 0.310 e. The molecule has 0 radical (unpaired) electrons. The molecule has 1 atom stereocenters. The molecule has 0 spiro atoms. The largest absolute Gasteiger partial charge is 0.467 e. The van der Waals surface area contributed by atoms with Gasteiger partial charge in [0, 0.05) is 6.42 Å². The third-order valence-electron chi connectivity index (χ3n) is 3.58. The van der Waals surface area contributed by atoms with E-state index in [1.165, 1.54) is 5.01 Å². The number of hydrazone groups is 1. The van der Waals surface area contributed by atoms with Gasteiger partial charge in [-0.3, -0.25) is 4.79 Å². The minimum atomic E-state index is -0.335. The summed E-state index contributed by atoms with van der Waals surface area (Å²) in [5.74, 6) is 1.17. The molecule has 6 nitrogen and oxygen atoms in total. The van der Waals surface area contributed by atoms with Crippen molar-refractivity contribution in [1.29, 1.82) is 0 Å². The Morgan fingerprint density at radius 3 is 2.65 bits per heavy atom. The van der Waals surface area contributed by atoms with Crippen LogP contribution in [0.5, 0.6) is 0 Å². The van der Waals surface area contributed by atoms with Crippen LogP contribution < -0.4 is 0 Å². The van der Waals surface area contributed by atoms with E-state index in [0.29, 0.717) is 28.3 Å². The molecule has 0 saturated heterocycles. The summed E-state index contributed by atoms with van der Waals surface area (Å²) in [6.07, 6.45) is 3.66. The fraction of sp³-hybridized carbons (Fsp3) is 0.125. The summed E-state index contributed by atoms with van der Waals surface area (Å²) in [4.78, 5) is 12.7. The summed E-state index contributed by atoms with van der Waals surface area (Å²) in [5.41, 5.74) is 0.690. The molecule has 3 aromatic rings. The first-order valence-corrected chi connectivity index (χ1v) is 7.75. The van der Waals surface area contributed by atoms with Gasteiger partial charge in [0.25, 0.3) is 0 Å². The second-order valence-electron chi connectivity index (χ2n) is 5.01. The molecule has 4 rings (SSSR count). The topological polar surface area (TPSA) is 72.1 Å². The van der Waals surface area contributed by atoms with Gasteiger partial charge in [0.15, 0.2) is 10.4 Å². The summed E-state index contributed by atoms with van der Waals surface area (Å²) < 4.78 is 16.7. The van der Waals surface area contributed by atoms with Crippen molar-refractivity contribution < 1.29 is 18.0 Å². The molecular weight excluding hydrogens is 364 g/mol. The summed E-state index contributed by atoms with van der Waals surface area (Å²) in [7, 11) is 0. The van der Waals surface area contributed by atoms with E-state index in [1.54, 1.807) is 36.8 Å². The number of hydrogen-bond acceptors (Lipinski definition) is 5. The van der Waals surface area contributed by atoms with E-state index < -0.39 is 0 Å². The number of halogens is 1. The van der Waals surface area contributed by atoms with E-state index in [9.17, 15) is 4.79 Å². The summed E-state index contributed by atoms with van der Waals surface area (Å²) in [6, 6.07) is 10.1. The maximum absolute atomic E-state index is 12.7. The van der Waals surface area contributed by atoms with E-state index in [1.807, 2.05) is 12.1 Å². The average Bonchev–Trinajstić information content (AvgIpc) is 3.30. The molecule has 7 heteroatoms. The maximum atomic E-state index is 12.7. The lowest BCUT2D eigenvalue weighted by molar-refractivity contribution is 0.0659. The van der Waals surface area contributed by atoms with Gasteiger partial charge in [0.05, 0.1) is 12.5 Å². The first kappa shape index (κ1) is 14.1. The average molecular weight is 375 g/mol. The zero-order valence-electron chi connectivity index (χ0n) is 11.8. The summed E-state index contributed by atoms with van der Waals surface area (Å²) >= 11 is 3.20. The zero-order valence-corrected chi connectivity index (χ0v) is 13.4. The monoisotopic (exact) mass is 374 g/mol. The summed E-state index contributed by atoms with van der Waals surface area (Å²) in [6.45, 7) is 0. The third-order valence-corrected chi connectivity index (χ3v) is 4.01. The predicted octanol–water partition coefficient (Wildman–Crippen LogP) is 4.22. The van der Waals surface area contributed by atoms with Gasteiger partial charge in [0.1, 0.15) is 23.3 Å².